The number of rotatable bonds is 5. The Morgan fingerprint density at radius 3 is 2.71 bits per heavy atom. The largest absolute Gasteiger partial charge is 0.466 e. The molecule has 1 unspecified atom stereocenters. The second-order valence-corrected chi connectivity index (χ2v) is 5.37. The van der Waals surface area contributed by atoms with E-state index in [-0.39, 0.29) is 11.7 Å². The van der Waals surface area contributed by atoms with Crippen LogP contribution < -0.4 is 5.32 Å². The highest BCUT2D eigenvalue weighted by atomic mass is 35.5. The van der Waals surface area contributed by atoms with Crippen LogP contribution in [-0.4, -0.2) is 4.92 Å². The summed E-state index contributed by atoms with van der Waals surface area (Å²) in [5.41, 5.74) is 1.57. The van der Waals surface area contributed by atoms with Gasteiger partial charge < -0.3 is 9.73 Å². The SMILES string of the molecule is Cc1cc(C(C)NCc2c(Cl)cccc2[N+](=O)[O-])c(C)o1. The summed E-state index contributed by atoms with van der Waals surface area (Å²) in [6.45, 7) is 6.10. The van der Waals surface area contributed by atoms with Gasteiger partial charge in [0, 0.05) is 24.2 Å². The van der Waals surface area contributed by atoms with Gasteiger partial charge in [-0.2, -0.15) is 0 Å². The third-order valence-electron chi connectivity index (χ3n) is 3.42. The Balaban J connectivity index is 2.17. The third-order valence-corrected chi connectivity index (χ3v) is 3.78. The molecule has 0 saturated heterocycles. The Kier molecular flexibility index (Phi) is 4.65. The maximum absolute atomic E-state index is 11.1. The lowest BCUT2D eigenvalue weighted by Crippen LogP contribution is -2.19. The summed E-state index contributed by atoms with van der Waals surface area (Å²) in [7, 11) is 0. The second-order valence-electron chi connectivity index (χ2n) is 4.97. The number of nitrogens with zero attached hydrogens (tertiary/aromatic N) is 1. The monoisotopic (exact) mass is 308 g/mol. The van der Waals surface area contributed by atoms with Crippen LogP contribution in [0.1, 0.15) is 35.6 Å². The molecule has 1 aromatic carbocycles. The molecule has 2 aromatic rings. The van der Waals surface area contributed by atoms with Gasteiger partial charge in [-0.05, 0) is 32.9 Å². The minimum Gasteiger partial charge on any atom is -0.466 e. The van der Waals surface area contributed by atoms with Gasteiger partial charge >= 0.3 is 0 Å². The van der Waals surface area contributed by atoms with E-state index in [0.717, 1.165) is 17.1 Å². The highest BCUT2D eigenvalue weighted by molar-refractivity contribution is 6.31. The summed E-state index contributed by atoms with van der Waals surface area (Å²) in [5.74, 6) is 1.70. The molecule has 0 bridgehead atoms. The standard InChI is InChI=1S/C15H17ClN2O3/c1-9-7-12(11(3)21-9)10(2)17-8-13-14(16)5-4-6-15(13)18(19)20/h4-7,10,17H,8H2,1-3H3. The van der Waals surface area contributed by atoms with E-state index in [1.54, 1.807) is 12.1 Å². The molecule has 1 N–H and O–H groups in total. The average molecular weight is 309 g/mol. The van der Waals surface area contributed by atoms with E-state index in [1.165, 1.54) is 6.07 Å². The van der Waals surface area contributed by atoms with Crippen LogP contribution in [0.15, 0.2) is 28.7 Å². The van der Waals surface area contributed by atoms with Crippen molar-refractivity contribution in [3.05, 3.63) is 62.0 Å². The lowest BCUT2D eigenvalue weighted by molar-refractivity contribution is -0.385. The van der Waals surface area contributed by atoms with Crippen molar-refractivity contribution >= 4 is 17.3 Å². The van der Waals surface area contributed by atoms with Crippen molar-refractivity contribution in [1.29, 1.82) is 0 Å². The highest BCUT2D eigenvalue weighted by Crippen LogP contribution is 2.27. The normalized spacial score (nSPS) is 12.4. The fraction of sp³-hybridized carbons (Fsp3) is 0.333. The smallest absolute Gasteiger partial charge is 0.275 e. The summed E-state index contributed by atoms with van der Waals surface area (Å²) >= 11 is 6.08. The number of nitrogens with one attached hydrogen (secondary N) is 1. The second kappa shape index (κ2) is 6.28. The van der Waals surface area contributed by atoms with Gasteiger partial charge in [-0.25, -0.2) is 0 Å². The van der Waals surface area contributed by atoms with Gasteiger partial charge in [-0.15, -0.1) is 0 Å². The van der Waals surface area contributed by atoms with Crippen LogP contribution in [0, 0.1) is 24.0 Å². The van der Waals surface area contributed by atoms with Crippen LogP contribution in [0.3, 0.4) is 0 Å². The first-order valence-corrected chi connectivity index (χ1v) is 7.00. The van der Waals surface area contributed by atoms with Crippen molar-refractivity contribution in [3.8, 4) is 0 Å². The van der Waals surface area contributed by atoms with Crippen LogP contribution in [-0.2, 0) is 6.54 Å². The van der Waals surface area contributed by atoms with Crippen LogP contribution in [0.4, 0.5) is 5.69 Å². The molecule has 0 aliphatic carbocycles. The zero-order valence-corrected chi connectivity index (χ0v) is 12.9. The molecule has 1 atom stereocenters. The molecule has 0 aliphatic rings. The number of halogens is 1. The molecule has 0 amide bonds. The number of hydrogen-bond acceptors (Lipinski definition) is 4. The van der Waals surface area contributed by atoms with Crippen LogP contribution in [0.25, 0.3) is 0 Å². The molecule has 0 saturated carbocycles. The van der Waals surface area contributed by atoms with E-state index < -0.39 is 4.92 Å². The maximum Gasteiger partial charge on any atom is 0.275 e. The minimum atomic E-state index is -0.416. The van der Waals surface area contributed by atoms with Crippen LogP contribution in [0.2, 0.25) is 5.02 Å². The molecule has 0 aliphatic heterocycles. The number of nitro groups is 1. The van der Waals surface area contributed by atoms with Crippen LogP contribution >= 0.6 is 11.6 Å². The number of nitro benzene ring substituents is 1. The van der Waals surface area contributed by atoms with Crippen molar-refractivity contribution in [1.82, 2.24) is 5.32 Å². The highest BCUT2D eigenvalue weighted by Gasteiger charge is 2.18. The average Bonchev–Trinajstić information content (AvgIpc) is 2.75. The Hall–Kier alpha value is -1.85. The van der Waals surface area contributed by atoms with Gasteiger partial charge in [-0.3, -0.25) is 10.1 Å². The first-order valence-electron chi connectivity index (χ1n) is 6.62. The van der Waals surface area contributed by atoms with Gasteiger partial charge in [0.05, 0.1) is 15.5 Å². The topological polar surface area (TPSA) is 68.3 Å². The van der Waals surface area contributed by atoms with E-state index >= 15 is 0 Å². The van der Waals surface area contributed by atoms with Crippen molar-refractivity contribution in [3.63, 3.8) is 0 Å². The first-order chi connectivity index (χ1) is 9.90. The molecule has 2 rings (SSSR count). The zero-order valence-electron chi connectivity index (χ0n) is 12.1. The Morgan fingerprint density at radius 1 is 1.43 bits per heavy atom. The lowest BCUT2D eigenvalue weighted by atomic mass is 10.1. The molecule has 0 radical (unpaired) electrons. The van der Waals surface area contributed by atoms with Crippen molar-refractivity contribution in [2.75, 3.05) is 0 Å². The molecule has 5 nitrogen and oxygen atoms in total. The van der Waals surface area contributed by atoms with Crippen LogP contribution in [0.5, 0.6) is 0 Å². The molecule has 0 spiro atoms. The number of aryl methyl sites for hydroxylation is 2. The molecule has 0 fully saturated rings. The summed E-state index contributed by atoms with van der Waals surface area (Å²) in [5, 5.41) is 14.7. The number of furan rings is 1. The van der Waals surface area contributed by atoms with Gasteiger partial charge in [0.1, 0.15) is 11.5 Å². The predicted octanol–water partition coefficient (Wildman–Crippen LogP) is 4.31. The van der Waals surface area contributed by atoms with Gasteiger partial charge in [0.2, 0.25) is 0 Å². The van der Waals surface area contributed by atoms with Gasteiger partial charge in [0.25, 0.3) is 5.69 Å². The molecular weight excluding hydrogens is 292 g/mol. The molecule has 6 heteroatoms. The van der Waals surface area contributed by atoms with Crippen molar-refractivity contribution in [2.45, 2.75) is 33.4 Å². The maximum atomic E-state index is 11.1. The fourth-order valence-electron chi connectivity index (χ4n) is 2.34. The summed E-state index contributed by atoms with van der Waals surface area (Å²) in [6.07, 6.45) is 0. The first kappa shape index (κ1) is 15.5. The summed E-state index contributed by atoms with van der Waals surface area (Å²) in [4.78, 5) is 10.6. The molecule has 112 valence electrons. The van der Waals surface area contributed by atoms with Crippen molar-refractivity contribution in [2.24, 2.45) is 0 Å². The van der Waals surface area contributed by atoms with Gasteiger partial charge in [-0.1, -0.05) is 17.7 Å². The molecule has 1 heterocycles. The number of benzene rings is 1. The van der Waals surface area contributed by atoms with Gasteiger partial charge in [0.15, 0.2) is 0 Å². The van der Waals surface area contributed by atoms with Crippen molar-refractivity contribution < 1.29 is 9.34 Å². The molecule has 21 heavy (non-hydrogen) atoms. The third kappa shape index (κ3) is 3.43. The predicted molar refractivity (Wildman–Crippen MR) is 81.5 cm³/mol. The van der Waals surface area contributed by atoms with E-state index in [4.69, 9.17) is 16.0 Å². The fourth-order valence-corrected chi connectivity index (χ4v) is 2.58. The quantitative estimate of drug-likeness (QED) is 0.660. The Labute approximate surface area is 128 Å². The van der Waals surface area contributed by atoms with E-state index in [1.807, 2.05) is 26.8 Å². The van der Waals surface area contributed by atoms with E-state index in [2.05, 4.69) is 5.32 Å². The Bertz CT molecular complexity index is 667. The molecule has 1 aromatic heterocycles. The number of hydrogen-bond donors (Lipinski definition) is 1. The summed E-state index contributed by atoms with van der Waals surface area (Å²) < 4.78 is 5.50. The Morgan fingerprint density at radius 2 is 2.14 bits per heavy atom. The zero-order chi connectivity index (χ0) is 15.6. The minimum absolute atomic E-state index is 0.0123. The van der Waals surface area contributed by atoms with E-state index in [9.17, 15) is 10.1 Å². The lowest BCUT2D eigenvalue weighted by Gasteiger charge is -2.14. The summed E-state index contributed by atoms with van der Waals surface area (Å²) in [6, 6.07) is 6.67. The molecular formula is C15H17ClN2O3. The van der Waals surface area contributed by atoms with E-state index in [0.29, 0.717) is 17.1 Å².